The van der Waals surface area contributed by atoms with Gasteiger partial charge in [-0.1, -0.05) is 52.0 Å². The number of rotatable bonds is 5. The van der Waals surface area contributed by atoms with Crippen LogP contribution >= 0.6 is 0 Å². The minimum absolute atomic E-state index is 0.546. The Morgan fingerprint density at radius 3 is 1.56 bits per heavy atom. The van der Waals surface area contributed by atoms with Crippen molar-refractivity contribution < 1.29 is 9.21 Å². The summed E-state index contributed by atoms with van der Waals surface area (Å²) < 4.78 is 2.82. The van der Waals surface area contributed by atoms with Crippen molar-refractivity contribution in [2.24, 2.45) is 11.8 Å². The lowest BCUT2D eigenvalue weighted by atomic mass is 9.99. The molecule has 0 saturated heterocycles. The van der Waals surface area contributed by atoms with Crippen molar-refractivity contribution in [3.8, 4) is 0 Å². The zero-order valence-corrected chi connectivity index (χ0v) is 16.0. The number of allylic oxidation sites excluding steroid dienone is 2. The van der Waals surface area contributed by atoms with Gasteiger partial charge in [-0.15, -0.1) is 0 Å². The van der Waals surface area contributed by atoms with E-state index in [-0.39, 0.29) is 0 Å². The Balaban J connectivity index is 0.000000251. The van der Waals surface area contributed by atoms with Crippen LogP contribution in [0, 0.1) is 17.0 Å². The van der Waals surface area contributed by atoms with Crippen molar-refractivity contribution >= 4 is 19.6 Å². The average Bonchev–Trinajstić information content (AvgIpc) is 2.60. The smallest absolute Gasteiger partial charge is 0.535 e. The lowest BCUT2D eigenvalue weighted by Crippen LogP contribution is -2.36. The van der Waals surface area contributed by atoms with Crippen LogP contribution in [-0.4, -0.2) is 7.41 Å². The highest BCUT2D eigenvalue weighted by Gasteiger charge is 1.98. The maximum absolute atomic E-state index is 10.7. The Hall–Kier alpha value is -2.36. The molecule has 3 nitrogen and oxygen atoms in total. The molecule has 0 aliphatic rings. The Morgan fingerprint density at radius 2 is 1.20 bits per heavy atom. The van der Waals surface area contributed by atoms with Crippen LogP contribution < -0.4 is 9.21 Å². The van der Waals surface area contributed by atoms with E-state index >= 15 is 0 Å². The fraction of sp³-hybridized carbons (Fsp3) is 0.333. The van der Waals surface area contributed by atoms with Crippen molar-refractivity contribution in [2.45, 2.75) is 34.5 Å². The third kappa shape index (κ3) is 9.51. The molecule has 0 bridgehead atoms. The monoisotopic (exact) mass is 336 g/mol. The number of nitrogens with zero attached hydrogens (tertiary/aromatic N) is 2. The molecule has 0 aromatic carbocycles. The molecule has 0 N–H and O–H groups in total. The summed E-state index contributed by atoms with van der Waals surface area (Å²) in [4.78, 5) is 0. The van der Waals surface area contributed by atoms with Crippen LogP contribution in [0.25, 0.3) is 12.2 Å². The first-order valence-electron chi connectivity index (χ1n) is 8.76. The summed E-state index contributed by atoms with van der Waals surface area (Å²) in [6.45, 7) is 10.6. The minimum atomic E-state index is 0.546. The molecule has 2 rings (SSSR count). The van der Waals surface area contributed by atoms with Gasteiger partial charge in [0.1, 0.15) is 12.4 Å². The van der Waals surface area contributed by atoms with Crippen LogP contribution in [0.5, 0.6) is 0 Å². The van der Waals surface area contributed by atoms with Crippen molar-refractivity contribution in [1.82, 2.24) is 0 Å². The first-order valence-corrected chi connectivity index (χ1v) is 8.76. The summed E-state index contributed by atoms with van der Waals surface area (Å²) in [5.74, 6) is 1.16. The molecule has 0 spiro atoms. The number of aromatic nitrogens is 2. The summed E-state index contributed by atoms with van der Waals surface area (Å²) >= 11 is 0. The van der Waals surface area contributed by atoms with Gasteiger partial charge < -0.3 is 5.21 Å². The van der Waals surface area contributed by atoms with Crippen LogP contribution in [-0.2, 0) is 0 Å². The Labute approximate surface area is 153 Å². The quantitative estimate of drug-likeness (QED) is 0.458. The maximum atomic E-state index is 10.7. The molecular weight excluding hydrogens is 307 g/mol. The Kier molecular flexibility index (Phi) is 9.30. The normalized spacial score (nSPS) is 11.2. The van der Waals surface area contributed by atoms with E-state index in [1.807, 2.05) is 24.8 Å². The molecular formula is C21H29BN2O+. The van der Waals surface area contributed by atoms with Gasteiger partial charge in [0.25, 0.3) is 0 Å². The molecule has 0 unspecified atom stereocenters. The molecule has 0 fully saturated rings. The summed E-state index contributed by atoms with van der Waals surface area (Å²) in [7, 11) is 2.02. The topological polar surface area (TPSA) is 30.8 Å². The predicted molar refractivity (Wildman–Crippen MR) is 107 cm³/mol. The third-order valence-electron chi connectivity index (χ3n) is 3.35. The zero-order chi connectivity index (χ0) is 18.7. The van der Waals surface area contributed by atoms with Gasteiger partial charge in [-0.3, -0.25) is 4.48 Å². The van der Waals surface area contributed by atoms with Crippen LogP contribution in [0.1, 0.15) is 38.8 Å². The number of hydrogen-bond donors (Lipinski definition) is 0. The average molecular weight is 336 g/mol. The number of pyridine rings is 2. The Morgan fingerprint density at radius 1 is 0.800 bits per heavy atom. The third-order valence-corrected chi connectivity index (χ3v) is 3.35. The molecule has 0 aliphatic carbocycles. The van der Waals surface area contributed by atoms with Gasteiger partial charge in [0, 0.05) is 24.3 Å². The van der Waals surface area contributed by atoms with Crippen molar-refractivity contribution in [3.63, 3.8) is 0 Å². The SMILES string of the molecule is CC(C)/C=C/c1cc[n+]([O-])cc1.C[B][n+]1ccc(/C=C/C(C)C)cc1. The van der Waals surface area contributed by atoms with E-state index in [0.717, 1.165) is 10.3 Å². The Bertz CT molecular complexity index is 659. The second kappa shape index (κ2) is 11.2. The molecule has 2 aromatic heterocycles. The summed E-state index contributed by atoms with van der Waals surface area (Å²) in [5.41, 5.74) is 2.32. The predicted octanol–water partition coefficient (Wildman–Crippen LogP) is 4.15. The van der Waals surface area contributed by atoms with Crippen molar-refractivity contribution in [1.29, 1.82) is 0 Å². The van der Waals surface area contributed by atoms with E-state index < -0.39 is 0 Å². The minimum Gasteiger partial charge on any atom is -0.619 e. The maximum Gasteiger partial charge on any atom is 0.535 e. The second-order valence-electron chi connectivity index (χ2n) is 6.53. The summed E-state index contributed by atoms with van der Waals surface area (Å²) in [6, 6.07) is 7.82. The molecule has 0 aliphatic heterocycles. The van der Waals surface area contributed by atoms with Crippen LogP contribution in [0.2, 0.25) is 6.82 Å². The molecule has 0 amide bonds. The molecule has 0 atom stereocenters. The molecule has 2 aromatic rings. The van der Waals surface area contributed by atoms with Crippen LogP contribution in [0.15, 0.2) is 61.2 Å². The highest BCUT2D eigenvalue weighted by Crippen LogP contribution is 2.03. The molecule has 1 radical (unpaired) electrons. The van der Waals surface area contributed by atoms with Gasteiger partial charge in [-0.05, 0) is 29.8 Å². The molecule has 0 saturated carbocycles. The van der Waals surface area contributed by atoms with E-state index in [9.17, 15) is 5.21 Å². The van der Waals surface area contributed by atoms with E-state index in [4.69, 9.17) is 0 Å². The number of hydrogen-bond acceptors (Lipinski definition) is 1. The first kappa shape index (κ1) is 20.7. The van der Waals surface area contributed by atoms with Gasteiger partial charge in [-0.2, -0.15) is 4.73 Å². The highest BCUT2D eigenvalue weighted by atomic mass is 16.5. The standard InChI is InChI=1S/C11H16BN.C10H13NO/c1-10(2)4-5-11-6-8-13(12-3)9-7-11;1-9(2)3-4-10-5-7-11(12)8-6-10/h4-10H,1-3H3;3-9H,1-2H3/q+1;/b5-4+;4-3+. The van der Waals surface area contributed by atoms with Gasteiger partial charge in [0.2, 0.25) is 0 Å². The van der Waals surface area contributed by atoms with E-state index in [1.165, 1.54) is 18.0 Å². The van der Waals surface area contributed by atoms with Crippen LogP contribution in [0.3, 0.4) is 0 Å². The molecule has 4 heteroatoms. The first-order chi connectivity index (χ1) is 11.9. The van der Waals surface area contributed by atoms with E-state index in [0.29, 0.717) is 11.8 Å². The van der Waals surface area contributed by atoms with Gasteiger partial charge in [0.15, 0.2) is 12.4 Å². The fourth-order valence-electron chi connectivity index (χ4n) is 1.88. The van der Waals surface area contributed by atoms with Crippen molar-refractivity contribution in [2.75, 3.05) is 0 Å². The van der Waals surface area contributed by atoms with E-state index in [1.54, 1.807) is 12.1 Å². The van der Waals surface area contributed by atoms with Crippen LogP contribution in [0.4, 0.5) is 0 Å². The summed E-state index contributed by atoms with van der Waals surface area (Å²) in [5, 5.41) is 10.7. The largest absolute Gasteiger partial charge is 0.619 e. The van der Waals surface area contributed by atoms with Gasteiger partial charge in [-0.25, -0.2) is 0 Å². The zero-order valence-electron chi connectivity index (χ0n) is 16.0. The lowest BCUT2D eigenvalue weighted by Gasteiger charge is -1.96. The lowest BCUT2D eigenvalue weighted by molar-refractivity contribution is -0.605. The molecule has 2 heterocycles. The van der Waals surface area contributed by atoms with Gasteiger partial charge in [0.05, 0.1) is 0 Å². The summed E-state index contributed by atoms with van der Waals surface area (Å²) in [6.07, 6.45) is 15.6. The molecule has 131 valence electrons. The van der Waals surface area contributed by atoms with Gasteiger partial charge >= 0.3 is 7.41 Å². The van der Waals surface area contributed by atoms with E-state index in [2.05, 4.69) is 70.4 Å². The molecule has 25 heavy (non-hydrogen) atoms. The fourth-order valence-corrected chi connectivity index (χ4v) is 1.88. The second-order valence-corrected chi connectivity index (χ2v) is 6.53. The highest BCUT2D eigenvalue weighted by molar-refractivity contribution is 6.21. The van der Waals surface area contributed by atoms with Crippen molar-refractivity contribution in [3.05, 3.63) is 77.5 Å².